The van der Waals surface area contributed by atoms with E-state index in [0.29, 0.717) is 34.9 Å². The van der Waals surface area contributed by atoms with E-state index in [1.54, 1.807) is 6.92 Å². The zero-order valence-electron chi connectivity index (χ0n) is 18.2. The van der Waals surface area contributed by atoms with Gasteiger partial charge in [-0.3, -0.25) is 19.8 Å². The smallest absolute Gasteiger partial charge is 0.293 e. The van der Waals surface area contributed by atoms with Crippen LogP contribution >= 0.6 is 11.3 Å². The van der Waals surface area contributed by atoms with Gasteiger partial charge < -0.3 is 9.15 Å². The zero-order valence-corrected chi connectivity index (χ0v) is 19.0. The van der Waals surface area contributed by atoms with Crippen LogP contribution in [-0.4, -0.2) is 46.9 Å². The molecule has 3 heterocycles. The van der Waals surface area contributed by atoms with Gasteiger partial charge in [0.05, 0.1) is 23.5 Å². The second-order valence-electron chi connectivity index (χ2n) is 9.34. The van der Waals surface area contributed by atoms with Crippen LogP contribution in [0.2, 0.25) is 0 Å². The third-order valence-corrected chi connectivity index (χ3v) is 6.44. The highest BCUT2D eigenvalue weighted by atomic mass is 32.1. The number of carbonyl (C=O) groups excluding carboxylic acids is 2. The molecule has 0 bridgehead atoms. The van der Waals surface area contributed by atoms with Gasteiger partial charge in [0.15, 0.2) is 16.7 Å². The van der Waals surface area contributed by atoms with Crippen molar-refractivity contribution in [3.05, 3.63) is 33.7 Å². The topological polar surface area (TPSA) is 84.7 Å². The molecule has 30 heavy (non-hydrogen) atoms. The number of rotatable bonds is 4. The van der Waals surface area contributed by atoms with Gasteiger partial charge in [-0.25, -0.2) is 4.98 Å². The summed E-state index contributed by atoms with van der Waals surface area (Å²) in [4.78, 5) is 32.3. The lowest BCUT2D eigenvalue weighted by molar-refractivity contribution is -0.0707. The Balaban J connectivity index is 1.45. The van der Waals surface area contributed by atoms with Crippen LogP contribution in [0.5, 0.6) is 0 Å². The molecule has 0 aromatic carbocycles. The number of nitrogens with one attached hydrogen (secondary N) is 1. The van der Waals surface area contributed by atoms with Crippen LogP contribution in [0.4, 0.5) is 5.13 Å². The maximum atomic E-state index is 12.8. The SMILES string of the molecule is Cc1c(C(=O)Nc2nc(CN3CC(C)OC(C)C3)cs2)oc2c1C(=O)CC(C)(C)C2. The van der Waals surface area contributed by atoms with Crippen molar-refractivity contribution in [1.29, 1.82) is 0 Å². The number of fused-ring (bicyclic) bond motifs is 1. The molecule has 1 aliphatic heterocycles. The first-order valence-corrected chi connectivity index (χ1v) is 11.3. The third-order valence-electron chi connectivity index (χ3n) is 5.64. The lowest BCUT2D eigenvalue weighted by atomic mass is 9.76. The number of anilines is 1. The van der Waals surface area contributed by atoms with E-state index >= 15 is 0 Å². The van der Waals surface area contributed by atoms with Gasteiger partial charge in [-0.05, 0) is 26.2 Å². The average molecular weight is 432 g/mol. The Hall–Kier alpha value is -2.03. The molecular weight excluding hydrogens is 402 g/mol. The highest BCUT2D eigenvalue weighted by molar-refractivity contribution is 7.13. The molecule has 8 heteroatoms. The van der Waals surface area contributed by atoms with Crippen molar-refractivity contribution in [1.82, 2.24) is 9.88 Å². The highest BCUT2D eigenvalue weighted by Gasteiger charge is 2.37. The first-order valence-electron chi connectivity index (χ1n) is 10.4. The number of amides is 1. The molecule has 2 aromatic rings. The second-order valence-corrected chi connectivity index (χ2v) is 10.2. The lowest BCUT2D eigenvalue weighted by Crippen LogP contribution is -2.44. The molecule has 1 N–H and O–H groups in total. The molecule has 1 aliphatic carbocycles. The summed E-state index contributed by atoms with van der Waals surface area (Å²) in [7, 11) is 0. The van der Waals surface area contributed by atoms with Crippen molar-refractivity contribution in [3.8, 4) is 0 Å². The molecule has 2 atom stereocenters. The van der Waals surface area contributed by atoms with Crippen molar-refractivity contribution >= 4 is 28.2 Å². The number of carbonyl (C=O) groups is 2. The molecule has 1 saturated heterocycles. The molecular formula is C22H29N3O4S. The monoisotopic (exact) mass is 431 g/mol. The summed E-state index contributed by atoms with van der Waals surface area (Å²) in [5.41, 5.74) is 1.97. The molecule has 4 rings (SSSR count). The third kappa shape index (κ3) is 4.36. The number of hydrogen-bond acceptors (Lipinski definition) is 7. The van der Waals surface area contributed by atoms with Crippen molar-refractivity contribution < 1.29 is 18.7 Å². The van der Waals surface area contributed by atoms with Gasteiger partial charge in [0, 0.05) is 43.4 Å². The number of aromatic nitrogens is 1. The van der Waals surface area contributed by atoms with E-state index in [1.165, 1.54) is 11.3 Å². The van der Waals surface area contributed by atoms with Gasteiger partial charge in [0.1, 0.15) is 5.76 Å². The number of thiazole rings is 1. The standard InChI is InChI=1S/C22H29N3O4S/c1-12-8-25(9-13(2)28-12)10-15-11-30-21(23-15)24-20(27)19-14(3)18-16(26)6-22(4,5)7-17(18)29-19/h11-13H,6-10H2,1-5H3,(H,23,24,27). The number of nitrogens with zero attached hydrogens (tertiary/aromatic N) is 2. The van der Waals surface area contributed by atoms with E-state index in [-0.39, 0.29) is 35.1 Å². The number of hydrogen-bond donors (Lipinski definition) is 1. The van der Waals surface area contributed by atoms with Crippen LogP contribution in [-0.2, 0) is 17.7 Å². The van der Waals surface area contributed by atoms with E-state index < -0.39 is 0 Å². The number of Topliss-reactive ketones (excluding diaryl/α,β-unsaturated/α-hetero) is 1. The number of ether oxygens (including phenoxy) is 1. The van der Waals surface area contributed by atoms with Gasteiger partial charge in [0.25, 0.3) is 5.91 Å². The van der Waals surface area contributed by atoms with Crippen molar-refractivity contribution in [2.24, 2.45) is 5.41 Å². The van der Waals surface area contributed by atoms with Gasteiger partial charge >= 0.3 is 0 Å². The summed E-state index contributed by atoms with van der Waals surface area (Å²) in [5, 5.41) is 5.34. The summed E-state index contributed by atoms with van der Waals surface area (Å²) in [6.45, 7) is 12.5. The summed E-state index contributed by atoms with van der Waals surface area (Å²) >= 11 is 1.39. The van der Waals surface area contributed by atoms with Crippen molar-refractivity contribution in [3.63, 3.8) is 0 Å². The van der Waals surface area contributed by atoms with Crippen LogP contribution in [0.3, 0.4) is 0 Å². The lowest BCUT2D eigenvalue weighted by Gasteiger charge is -2.34. The summed E-state index contributed by atoms with van der Waals surface area (Å²) < 4.78 is 11.6. The Kier molecular flexibility index (Phi) is 5.59. The zero-order chi connectivity index (χ0) is 21.6. The molecule has 7 nitrogen and oxygen atoms in total. The molecule has 2 aliphatic rings. The first-order chi connectivity index (χ1) is 14.1. The molecule has 2 unspecified atom stereocenters. The predicted octanol–water partition coefficient (Wildman–Crippen LogP) is 4.06. The maximum absolute atomic E-state index is 12.8. The number of morpholine rings is 1. The normalized spacial score (nSPS) is 24.0. The Morgan fingerprint density at radius 2 is 2.00 bits per heavy atom. The fourth-order valence-electron chi connectivity index (χ4n) is 4.53. The van der Waals surface area contributed by atoms with Crippen LogP contribution in [0.15, 0.2) is 9.80 Å². The van der Waals surface area contributed by atoms with Crippen LogP contribution in [0, 0.1) is 12.3 Å². The highest BCUT2D eigenvalue weighted by Crippen LogP contribution is 2.38. The molecule has 0 radical (unpaired) electrons. The Bertz CT molecular complexity index is 967. The molecule has 162 valence electrons. The maximum Gasteiger partial charge on any atom is 0.293 e. The second kappa shape index (κ2) is 7.90. The number of furan rings is 1. The van der Waals surface area contributed by atoms with Gasteiger partial charge in [-0.1, -0.05) is 13.8 Å². The van der Waals surface area contributed by atoms with Crippen LogP contribution in [0.25, 0.3) is 0 Å². The Morgan fingerprint density at radius 1 is 1.30 bits per heavy atom. The number of ketones is 1. The largest absolute Gasteiger partial charge is 0.455 e. The minimum absolute atomic E-state index is 0.0482. The molecule has 0 spiro atoms. The molecule has 1 fully saturated rings. The Morgan fingerprint density at radius 3 is 2.70 bits per heavy atom. The molecule has 1 amide bonds. The van der Waals surface area contributed by atoms with E-state index in [4.69, 9.17) is 9.15 Å². The minimum Gasteiger partial charge on any atom is -0.455 e. The summed E-state index contributed by atoms with van der Waals surface area (Å²) in [6, 6.07) is 0. The van der Waals surface area contributed by atoms with E-state index in [9.17, 15) is 9.59 Å². The molecule has 0 saturated carbocycles. The fraction of sp³-hybridized carbons (Fsp3) is 0.591. The van der Waals surface area contributed by atoms with E-state index in [1.807, 2.05) is 19.2 Å². The van der Waals surface area contributed by atoms with Crippen LogP contribution in [0.1, 0.15) is 72.0 Å². The minimum atomic E-state index is -0.359. The van der Waals surface area contributed by atoms with E-state index in [2.05, 4.69) is 29.0 Å². The average Bonchev–Trinajstić information content (AvgIpc) is 3.17. The first kappa shape index (κ1) is 21.2. The molecule has 2 aromatic heterocycles. The van der Waals surface area contributed by atoms with Gasteiger partial charge in [-0.2, -0.15) is 0 Å². The predicted molar refractivity (Wildman–Crippen MR) is 115 cm³/mol. The Labute approximate surface area is 180 Å². The van der Waals surface area contributed by atoms with Crippen LogP contribution < -0.4 is 5.32 Å². The summed E-state index contributed by atoms with van der Waals surface area (Å²) in [5.74, 6) is 0.516. The van der Waals surface area contributed by atoms with Crippen molar-refractivity contribution in [2.75, 3.05) is 18.4 Å². The van der Waals surface area contributed by atoms with Gasteiger partial charge in [0.2, 0.25) is 0 Å². The quantitative estimate of drug-likeness (QED) is 0.786. The van der Waals surface area contributed by atoms with E-state index in [0.717, 1.165) is 25.3 Å². The fourth-order valence-corrected chi connectivity index (χ4v) is 5.23. The summed E-state index contributed by atoms with van der Waals surface area (Å²) in [6.07, 6.45) is 1.52. The van der Waals surface area contributed by atoms with Gasteiger partial charge in [-0.15, -0.1) is 11.3 Å². The van der Waals surface area contributed by atoms with Crippen molar-refractivity contribution in [2.45, 2.75) is 66.2 Å².